The molecule has 226 valence electrons. The van der Waals surface area contributed by atoms with Crippen LogP contribution in [-0.2, 0) is 35.3 Å². The second-order valence-electron chi connectivity index (χ2n) is 10.4. The molecular formula is C34H36F3N3O3. The highest BCUT2D eigenvalue weighted by Crippen LogP contribution is 2.30. The van der Waals surface area contributed by atoms with E-state index in [4.69, 9.17) is 4.74 Å². The molecular weight excluding hydrogens is 555 g/mol. The van der Waals surface area contributed by atoms with E-state index in [0.717, 1.165) is 29.0 Å². The Balaban J connectivity index is 1.56. The van der Waals surface area contributed by atoms with Crippen LogP contribution in [0.4, 0.5) is 13.2 Å². The standard InChI is InChI=1S/C34H36F3N3O3/c1-26-11-6-7-17-31(26)33(42)40(22-27-12-4-3-5-13-27)25-32(41)39(19-10-20-43-2)24-30-16-9-18-38(30)23-28-14-8-15-29(21-28)34(35,36)37/h3-9,11-18,21H,10,19-20,22-25H2,1-2H3. The fraction of sp³-hybridized carbons (Fsp3) is 0.294. The molecule has 0 aliphatic carbocycles. The van der Waals surface area contributed by atoms with Crippen LogP contribution < -0.4 is 0 Å². The molecule has 1 heterocycles. The Morgan fingerprint density at radius 2 is 1.56 bits per heavy atom. The zero-order chi connectivity index (χ0) is 30.8. The molecule has 6 nitrogen and oxygen atoms in total. The van der Waals surface area contributed by atoms with Gasteiger partial charge in [0.25, 0.3) is 5.91 Å². The van der Waals surface area contributed by atoms with Crippen molar-refractivity contribution in [2.45, 2.75) is 39.2 Å². The molecule has 0 saturated carbocycles. The molecule has 0 saturated heterocycles. The first-order valence-electron chi connectivity index (χ1n) is 14.1. The molecule has 3 aromatic carbocycles. The predicted octanol–water partition coefficient (Wildman–Crippen LogP) is 6.57. The minimum Gasteiger partial charge on any atom is -0.385 e. The Morgan fingerprint density at radius 3 is 2.28 bits per heavy atom. The Hall–Kier alpha value is -4.37. The quantitative estimate of drug-likeness (QED) is 0.165. The smallest absolute Gasteiger partial charge is 0.385 e. The number of nitrogens with zero attached hydrogens (tertiary/aromatic N) is 3. The van der Waals surface area contributed by atoms with Gasteiger partial charge in [-0.3, -0.25) is 9.59 Å². The van der Waals surface area contributed by atoms with Crippen LogP contribution in [0, 0.1) is 6.92 Å². The molecule has 0 fully saturated rings. The predicted molar refractivity (Wildman–Crippen MR) is 159 cm³/mol. The van der Waals surface area contributed by atoms with Crippen LogP contribution in [0.5, 0.6) is 0 Å². The second-order valence-corrected chi connectivity index (χ2v) is 10.4. The molecule has 0 spiro atoms. The highest BCUT2D eigenvalue weighted by atomic mass is 19.4. The molecule has 0 atom stereocenters. The summed E-state index contributed by atoms with van der Waals surface area (Å²) in [6.45, 7) is 3.28. The van der Waals surface area contributed by atoms with Crippen molar-refractivity contribution in [1.82, 2.24) is 14.4 Å². The molecule has 1 aromatic heterocycles. The monoisotopic (exact) mass is 591 g/mol. The molecule has 0 aliphatic rings. The van der Waals surface area contributed by atoms with E-state index < -0.39 is 11.7 Å². The van der Waals surface area contributed by atoms with Gasteiger partial charge in [-0.25, -0.2) is 0 Å². The normalized spacial score (nSPS) is 11.4. The summed E-state index contributed by atoms with van der Waals surface area (Å²) >= 11 is 0. The van der Waals surface area contributed by atoms with Gasteiger partial charge in [-0.1, -0.05) is 60.7 Å². The van der Waals surface area contributed by atoms with Crippen LogP contribution in [-0.4, -0.2) is 53.0 Å². The number of hydrogen-bond acceptors (Lipinski definition) is 3. The number of alkyl halides is 3. The van der Waals surface area contributed by atoms with Crippen LogP contribution >= 0.6 is 0 Å². The first-order valence-corrected chi connectivity index (χ1v) is 14.1. The van der Waals surface area contributed by atoms with Crippen LogP contribution in [0.2, 0.25) is 0 Å². The third-order valence-electron chi connectivity index (χ3n) is 7.22. The molecule has 4 rings (SSSR count). The number of aryl methyl sites for hydroxylation is 1. The van der Waals surface area contributed by atoms with E-state index in [-0.39, 0.29) is 38.0 Å². The summed E-state index contributed by atoms with van der Waals surface area (Å²) in [4.78, 5) is 30.8. The molecule has 2 amide bonds. The Bertz CT molecular complexity index is 1500. The summed E-state index contributed by atoms with van der Waals surface area (Å²) < 4.78 is 46.9. The van der Waals surface area contributed by atoms with Gasteiger partial charge in [0.15, 0.2) is 0 Å². The molecule has 0 N–H and O–H groups in total. The minimum absolute atomic E-state index is 0.136. The fourth-order valence-electron chi connectivity index (χ4n) is 4.93. The van der Waals surface area contributed by atoms with E-state index in [1.807, 2.05) is 66.1 Å². The van der Waals surface area contributed by atoms with Crippen molar-refractivity contribution in [3.63, 3.8) is 0 Å². The van der Waals surface area contributed by atoms with Gasteiger partial charge in [-0.2, -0.15) is 13.2 Å². The Labute approximate surface area is 250 Å². The highest BCUT2D eigenvalue weighted by Gasteiger charge is 2.30. The minimum atomic E-state index is -4.43. The maximum Gasteiger partial charge on any atom is 0.416 e. The van der Waals surface area contributed by atoms with Gasteiger partial charge in [-0.15, -0.1) is 0 Å². The number of halogens is 3. The van der Waals surface area contributed by atoms with E-state index in [9.17, 15) is 22.8 Å². The molecule has 0 bridgehead atoms. The van der Waals surface area contributed by atoms with Crippen molar-refractivity contribution >= 4 is 11.8 Å². The lowest BCUT2D eigenvalue weighted by Crippen LogP contribution is -2.43. The average Bonchev–Trinajstić information content (AvgIpc) is 3.42. The summed E-state index contributed by atoms with van der Waals surface area (Å²) in [5.74, 6) is -0.471. The maximum atomic E-state index is 13.9. The van der Waals surface area contributed by atoms with Crippen LogP contribution in [0.25, 0.3) is 0 Å². The van der Waals surface area contributed by atoms with Crippen molar-refractivity contribution in [1.29, 1.82) is 0 Å². The zero-order valence-corrected chi connectivity index (χ0v) is 24.4. The Kier molecular flexibility index (Phi) is 10.8. The number of carbonyl (C=O) groups is 2. The van der Waals surface area contributed by atoms with E-state index >= 15 is 0 Å². The molecule has 43 heavy (non-hydrogen) atoms. The summed E-state index contributed by atoms with van der Waals surface area (Å²) in [6.07, 6.45) is -2.06. The van der Waals surface area contributed by atoms with E-state index in [1.165, 1.54) is 6.07 Å². The van der Waals surface area contributed by atoms with Gasteiger partial charge in [0.05, 0.1) is 12.1 Å². The summed E-state index contributed by atoms with van der Waals surface area (Å²) in [5.41, 5.74) is 2.82. The molecule has 4 aromatic rings. The summed E-state index contributed by atoms with van der Waals surface area (Å²) in [7, 11) is 1.59. The van der Waals surface area contributed by atoms with Gasteiger partial charge in [0, 0.05) is 50.8 Å². The van der Waals surface area contributed by atoms with Crippen molar-refractivity contribution in [2.24, 2.45) is 0 Å². The summed E-state index contributed by atoms with van der Waals surface area (Å²) in [6, 6.07) is 25.7. The lowest BCUT2D eigenvalue weighted by Gasteiger charge is -2.29. The number of rotatable bonds is 13. The first-order chi connectivity index (χ1) is 20.7. The zero-order valence-electron chi connectivity index (χ0n) is 24.4. The lowest BCUT2D eigenvalue weighted by atomic mass is 10.1. The molecule has 0 radical (unpaired) electrons. The number of benzene rings is 3. The van der Waals surface area contributed by atoms with Crippen molar-refractivity contribution in [3.05, 3.63) is 131 Å². The third kappa shape index (κ3) is 8.81. The van der Waals surface area contributed by atoms with E-state index in [1.54, 1.807) is 41.3 Å². The largest absolute Gasteiger partial charge is 0.416 e. The average molecular weight is 592 g/mol. The number of hydrogen-bond donors (Lipinski definition) is 0. The molecule has 0 unspecified atom stereocenters. The van der Waals surface area contributed by atoms with Crippen LogP contribution in [0.3, 0.4) is 0 Å². The summed E-state index contributed by atoms with van der Waals surface area (Å²) in [5, 5.41) is 0. The first kappa shape index (κ1) is 31.6. The number of ether oxygens (including phenoxy) is 1. The van der Waals surface area contributed by atoms with Gasteiger partial charge < -0.3 is 19.1 Å². The SMILES string of the molecule is COCCCN(Cc1cccn1Cc1cccc(C(F)(F)F)c1)C(=O)CN(Cc1ccccc1)C(=O)c1ccccc1C. The van der Waals surface area contributed by atoms with Gasteiger partial charge in [0.2, 0.25) is 5.91 Å². The van der Waals surface area contributed by atoms with E-state index in [2.05, 4.69) is 0 Å². The van der Waals surface area contributed by atoms with Crippen molar-refractivity contribution in [2.75, 3.05) is 26.8 Å². The second kappa shape index (κ2) is 14.7. The number of carbonyl (C=O) groups excluding carboxylic acids is 2. The van der Waals surface area contributed by atoms with Crippen molar-refractivity contribution in [3.8, 4) is 0 Å². The lowest BCUT2D eigenvalue weighted by molar-refractivity contribution is -0.137. The van der Waals surface area contributed by atoms with Crippen molar-refractivity contribution < 1.29 is 27.5 Å². The number of amides is 2. The maximum absolute atomic E-state index is 13.9. The highest BCUT2D eigenvalue weighted by molar-refractivity contribution is 5.97. The van der Waals surface area contributed by atoms with Gasteiger partial charge in [0.1, 0.15) is 6.54 Å². The van der Waals surface area contributed by atoms with Gasteiger partial charge >= 0.3 is 6.18 Å². The fourth-order valence-corrected chi connectivity index (χ4v) is 4.93. The molecule has 9 heteroatoms. The topological polar surface area (TPSA) is 54.8 Å². The Morgan fingerprint density at radius 1 is 0.837 bits per heavy atom. The van der Waals surface area contributed by atoms with Gasteiger partial charge in [-0.05, 0) is 60.4 Å². The van der Waals surface area contributed by atoms with Crippen LogP contribution in [0.15, 0.2) is 97.2 Å². The third-order valence-corrected chi connectivity index (χ3v) is 7.22. The number of methoxy groups -OCH3 is 1. The van der Waals surface area contributed by atoms with Crippen LogP contribution in [0.1, 0.15) is 44.7 Å². The molecule has 0 aliphatic heterocycles. The number of aromatic nitrogens is 1. The van der Waals surface area contributed by atoms with E-state index in [0.29, 0.717) is 30.7 Å².